The third kappa shape index (κ3) is 8.43. The maximum atomic E-state index is 13.9. The van der Waals surface area contributed by atoms with E-state index in [2.05, 4.69) is 12.2 Å². The predicted octanol–water partition coefficient (Wildman–Crippen LogP) is 6.13. The topological polar surface area (TPSA) is 86.8 Å². The van der Waals surface area contributed by atoms with E-state index >= 15 is 0 Å². The summed E-state index contributed by atoms with van der Waals surface area (Å²) in [5.41, 5.74) is 2.46. The fourth-order valence-electron chi connectivity index (χ4n) is 5.20. The molecule has 0 unspecified atom stereocenters. The van der Waals surface area contributed by atoms with Gasteiger partial charge in [-0.1, -0.05) is 86.0 Å². The molecular formula is C33H40ClN3O4S. The number of carbonyl (C=O) groups is 2. The summed E-state index contributed by atoms with van der Waals surface area (Å²) in [5, 5.41) is 3.65. The second-order valence-electron chi connectivity index (χ2n) is 10.7. The van der Waals surface area contributed by atoms with E-state index in [1.165, 1.54) is 4.31 Å². The van der Waals surface area contributed by atoms with Crippen LogP contribution in [0.3, 0.4) is 0 Å². The Morgan fingerprint density at radius 1 is 0.905 bits per heavy atom. The monoisotopic (exact) mass is 609 g/mol. The lowest BCUT2D eigenvalue weighted by Crippen LogP contribution is -2.43. The summed E-state index contributed by atoms with van der Waals surface area (Å²) in [7, 11) is -3.50. The summed E-state index contributed by atoms with van der Waals surface area (Å²) in [6.07, 6.45) is 5.28. The average molecular weight is 610 g/mol. The summed E-state index contributed by atoms with van der Waals surface area (Å²) in [5.74, 6) is -0.382. The fourth-order valence-corrected chi connectivity index (χ4v) is 6.84. The van der Waals surface area contributed by atoms with E-state index in [-0.39, 0.29) is 29.7 Å². The Morgan fingerprint density at radius 3 is 2.19 bits per heavy atom. The maximum absolute atomic E-state index is 13.9. The molecule has 1 aliphatic heterocycles. The van der Waals surface area contributed by atoms with Crippen LogP contribution in [0.2, 0.25) is 5.02 Å². The summed E-state index contributed by atoms with van der Waals surface area (Å²) in [6.45, 7) is 4.01. The van der Waals surface area contributed by atoms with Gasteiger partial charge in [-0.15, -0.1) is 0 Å². The van der Waals surface area contributed by atoms with E-state index in [0.717, 1.165) is 48.8 Å². The Balaban J connectivity index is 1.54. The highest BCUT2D eigenvalue weighted by atomic mass is 35.5. The van der Waals surface area contributed by atoms with Crippen molar-refractivity contribution in [2.45, 2.75) is 69.4 Å². The third-order valence-corrected chi connectivity index (χ3v) is 9.76. The molecule has 0 saturated carbocycles. The van der Waals surface area contributed by atoms with Crippen molar-refractivity contribution in [3.8, 4) is 0 Å². The van der Waals surface area contributed by atoms with E-state index in [9.17, 15) is 18.0 Å². The minimum absolute atomic E-state index is 0.165. The average Bonchev–Trinajstić information content (AvgIpc) is 3.56. The van der Waals surface area contributed by atoms with Gasteiger partial charge in [0.25, 0.3) is 0 Å². The molecule has 1 heterocycles. The molecule has 0 bridgehead atoms. The van der Waals surface area contributed by atoms with Crippen molar-refractivity contribution in [2.75, 3.05) is 19.6 Å². The quantitative estimate of drug-likeness (QED) is 0.223. The molecule has 3 aromatic rings. The van der Waals surface area contributed by atoms with Gasteiger partial charge in [0.05, 0.1) is 4.90 Å². The van der Waals surface area contributed by atoms with E-state index in [1.807, 2.05) is 42.5 Å². The van der Waals surface area contributed by atoms with Crippen molar-refractivity contribution in [3.63, 3.8) is 0 Å². The Kier molecular flexibility index (Phi) is 11.6. The number of nitrogens with one attached hydrogen (secondary N) is 1. The number of hydrogen-bond acceptors (Lipinski definition) is 4. The van der Waals surface area contributed by atoms with Crippen molar-refractivity contribution in [1.82, 2.24) is 14.5 Å². The smallest absolute Gasteiger partial charge is 0.247 e. The van der Waals surface area contributed by atoms with Gasteiger partial charge < -0.3 is 10.2 Å². The third-order valence-electron chi connectivity index (χ3n) is 7.60. The van der Waals surface area contributed by atoms with Gasteiger partial charge in [-0.2, -0.15) is 4.31 Å². The molecule has 1 N–H and O–H groups in total. The van der Waals surface area contributed by atoms with Crippen molar-refractivity contribution in [1.29, 1.82) is 0 Å². The zero-order valence-electron chi connectivity index (χ0n) is 24.2. The molecule has 1 fully saturated rings. The molecular weight excluding hydrogens is 570 g/mol. The number of sulfonamides is 1. The van der Waals surface area contributed by atoms with E-state index < -0.39 is 16.1 Å². The molecule has 1 aliphatic rings. The summed E-state index contributed by atoms with van der Waals surface area (Å²) >= 11 is 6.11. The van der Waals surface area contributed by atoms with Gasteiger partial charge in [0.2, 0.25) is 21.8 Å². The molecule has 3 aromatic carbocycles. The number of halogens is 1. The zero-order chi connectivity index (χ0) is 30.0. The first-order chi connectivity index (χ1) is 20.3. The van der Waals surface area contributed by atoms with Crippen LogP contribution in [0.4, 0.5) is 0 Å². The number of amides is 2. The molecule has 0 radical (unpaired) electrons. The van der Waals surface area contributed by atoms with Crippen LogP contribution in [0, 0.1) is 0 Å². The number of hydrogen-bond donors (Lipinski definition) is 1. The maximum Gasteiger partial charge on any atom is 0.247 e. The lowest BCUT2D eigenvalue weighted by Gasteiger charge is -2.32. The minimum Gasteiger partial charge on any atom is -0.354 e. The molecule has 0 aromatic heterocycles. The van der Waals surface area contributed by atoms with Crippen molar-refractivity contribution in [2.24, 2.45) is 0 Å². The Hall–Kier alpha value is -3.20. The first-order valence-corrected chi connectivity index (χ1v) is 16.6. The van der Waals surface area contributed by atoms with Crippen LogP contribution in [-0.4, -0.2) is 49.1 Å². The molecule has 9 heteroatoms. The number of carbonyl (C=O) groups excluding carboxylic acids is 2. The zero-order valence-corrected chi connectivity index (χ0v) is 25.7. The largest absolute Gasteiger partial charge is 0.354 e. The van der Waals surface area contributed by atoms with Crippen LogP contribution in [0.25, 0.3) is 0 Å². The van der Waals surface area contributed by atoms with Crippen LogP contribution in [0.5, 0.6) is 0 Å². The number of benzene rings is 3. The standard InChI is InChI=1S/C33H40ClN3O4S/c1-2-3-7-22-35-33(39)32(28-10-5-4-6-11-28)37(25-27-12-17-29(34)18-13-27)31(38)21-16-26-14-19-30(20-15-26)42(40,41)36-23-8-9-24-36/h4-6,10-15,17-20,32H,2-3,7-9,16,21-25H2,1H3,(H,35,39)/t32-/m1/s1. The first-order valence-electron chi connectivity index (χ1n) is 14.7. The number of unbranched alkanes of at least 4 members (excludes halogenated alkanes) is 2. The summed E-state index contributed by atoms with van der Waals surface area (Å²) < 4.78 is 27.3. The minimum atomic E-state index is -3.50. The van der Waals surface area contributed by atoms with E-state index in [4.69, 9.17) is 11.6 Å². The number of rotatable bonds is 14. The van der Waals surface area contributed by atoms with Crippen LogP contribution < -0.4 is 5.32 Å². The Labute approximate surface area is 254 Å². The van der Waals surface area contributed by atoms with Gasteiger partial charge in [0, 0.05) is 37.6 Å². The Morgan fingerprint density at radius 2 is 1.55 bits per heavy atom. The molecule has 1 atom stereocenters. The summed E-state index contributed by atoms with van der Waals surface area (Å²) in [6, 6.07) is 22.6. The van der Waals surface area contributed by atoms with E-state index in [0.29, 0.717) is 31.1 Å². The van der Waals surface area contributed by atoms with Crippen molar-refractivity contribution in [3.05, 3.63) is 101 Å². The second kappa shape index (κ2) is 15.3. The summed E-state index contributed by atoms with van der Waals surface area (Å²) in [4.78, 5) is 29.4. The lowest BCUT2D eigenvalue weighted by atomic mass is 10.0. The highest BCUT2D eigenvalue weighted by Crippen LogP contribution is 2.26. The SMILES string of the molecule is CCCCCNC(=O)[C@@H](c1ccccc1)N(Cc1ccc(Cl)cc1)C(=O)CCc1ccc(S(=O)(=O)N2CCCC2)cc1. The highest BCUT2D eigenvalue weighted by molar-refractivity contribution is 7.89. The van der Waals surface area contributed by atoms with Gasteiger partial charge in [0.1, 0.15) is 6.04 Å². The normalized spacial score (nSPS) is 14.4. The molecule has 0 spiro atoms. The van der Waals surface area contributed by atoms with Gasteiger partial charge in [-0.25, -0.2) is 8.42 Å². The lowest BCUT2D eigenvalue weighted by molar-refractivity contribution is -0.141. The van der Waals surface area contributed by atoms with Crippen molar-refractivity contribution >= 4 is 33.4 Å². The van der Waals surface area contributed by atoms with Crippen LogP contribution in [0.15, 0.2) is 83.8 Å². The van der Waals surface area contributed by atoms with Crippen molar-refractivity contribution < 1.29 is 18.0 Å². The van der Waals surface area contributed by atoms with E-state index in [1.54, 1.807) is 41.3 Å². The highest BCUT2D eigenvalue weighted by Gasteiger charge is 2.31. The molecule has 224 valence electrons. The van der Waals surface area contributed by atoms with Gasteiger partial charge >= 0.3 is 0 Å². The van der Waals surface area contributed by atoms with Crippen LogP contribution in [-0.2, 0) is 32.6 Å². The Bertz CT molecular complexity index is 1410. The molecule has 0 aliphatic carbocycles. The molecule has 7 nitrogen and oxygen atoms in total. The molecule has 2 amide bonds. The van der Waals surface area contributed by atoms with Gasteiger partial charge in [-0.05, 0) is 66.6 Å². The molecule has 4 rings (SSSR count). The van der Waals surface area contributed by atoms with Crippen LogP contribution in [0.1, 0.15) is 68.2 Å². The molecule has 1 saturated heterocycles. The predicted molar refractivity (Wildman–Crippen MR) is 166 cm³/mol. The molecule has 42 heavy (non-hydrogen) atoms. The number of nitrogens with zero attached hydrogens (tertiary/aromatic N) is 2. The van der Waals surface area contributed by atoms with Gasteiger partial charge in [0.15, 0.2) is 0 Å². The number of aryl methyl sites for hydroxylation is 1. The second-order valence-corrected chi connectivity index (χ2v) is 13.1. The first kappa shape index (κ1) is 31.7. The van der Waals surface area contributed by atoms with Crippen LogP contribution >= 0.6 is 11.6 Å². The van der Waals surface area contributed by atoms with Gasteiger partial charge in [-0.3, -0.25) is 9.59 Å². The fraction of sp³-hybridized carbons (Fsp3) is 0.394.